The van der Waals surface area contributed by atoms with Crippen LogP contribution in [0.1, 0.15) is 114 Å². The Labute approximate surface area is 373 Å². The fourth-order valence-corrected chi connectivity index (χ4v) is 4.86. The maximum atomic E-state index is 13.8. The number of alkyl carbamates (subject to hydrolysis) is 4. The molecule has 1 aromatic rings. The van der Waals surface area contributed by atoms with Crippen molar-refractivity contribution in [2.45, 2.75) is 150 Å². The monoisotopic (exact) mass is 893 g/mol. The molecule has 0 fully saturated rings. The van der Waals surface area contributed by atoms with E-state index >= 15 is 0 Å². The molecule has 0 aliphatic rings. The van der Waals surface area contributed by atoms with Crippen LogP contribution in [0.3, 0.4) is 0 Å². The van der Waals surface area contributed by atoms with Crippen molar-refractivity contribution in [3.63, 3.8) is 0 Å². The average molecular weight is 894 g/mol. The number of aryl methyl sites for hydroxylation is 1. The standard InChI is InChI=1S/C42H67N7O11.CH4S/c1-14-18-27-20-17-21-28(23-27)19-15-16-22-43-32(50)29(47-34(52)31(49-38(56)60-42(11,12)13)26-46-36(54)58-40(5,6)7)24-44-33(51)30(48-37(55)59-41(8,9)10)25-45-35(53)57-39(2,3)4;1-2/h17,20-21,23,29-31H,15-16,19,22,24-26H2,1-13H3,(H,43,50)(H,44,51)(H,45,53)(H,46,54)(H,47,52)(H,48,55)(H,49,56);2H,1H3. The van der Waals surface area contributed by atoms with E-state index in [9.17, 15) is 33.6 Å². The van der Waals surface area contributed by atoms with Crippen LogP contribution in [0.2, 0.25) is 0 Å². The Morgan fingerprint density at radius 3 is 1.40 bits per heavy atom. The van der Waals surface area contributed by atoms with Gasteiger partial charge in [0, 0.05) is 18.7 Å². The quantitative estimate of drug-likeness (QED) is 0.0470. The lowest BCUT2D eigenvalue weighted by atomic mass is 10.1. The first kappa shape index (κ1) is 56.6. The molecule has 3 unspecified atom stereocenters. The zero-order chi connectivity index (χ0) is 47.9. The predicted octanol–water partition coefficient (Wildman–Crippen LogP) is 4.48. The van der Waals surface area contributed by atoms with Gasteiger partial charge in [-0.25, -0.2) is 19.2 Å². The van der Waals surface area contributed by atoms with Crippen molar-refractivity contribution >= 4 is 54.7 Å². The van der Waals surface area contributed by atoms with E-state index in [0.717, 1.165) is 17.5 Å². The van der Waals surface area contributed by atoms with E-state index in [-0.39, 0.29) is 6.54 Å². The van der Waals surface area contributed by atoms with Gasteiger partial charge >= 0.3 is 24.4 Å². The number of unbranched alkanes of at least 4 members (excludes halogenated alkanes) is 1. The number of hydrogen-bond donors (Lipinski definition) is 8. The summed E-state index contributed by atoms with van der Waals surface area (Å²) < 4.78 is 21.1. The molecule has 7 amide bonds. The summed E-state index contributed by atoms with van der Waals surface area (Å²) in [6, 6.07) is 3.48. The van der Waals surface area contributed by atoms with Gasteiger partial charge in [-0.15, -0.1) is 5.92 Å². The van der Waals surface area contributed by atoms with Gasteiger partial charge < -0.3 is 56.2 Å². The van der Waals surface area contributed by atoms with E-state index in [1.165, 1.54) is 0 Å². The third-order valence-corrected chi connectivity index (χ3v) is 7.21. The summed E-state index contributed by atoms with van der Waals surface area (Å²) in [5, 5.41) is 17.5. The second-order valence-electron chi connectivity index (χ2n) is 17.8. The van der Waals surface area contributed by atoms with E-state index in [0.29, 0.717) is 12.8 Å². The topological polar surface area (TPSA) is 241 Å². The SMILES string of the molecule is CC#Cc1cccc(CCCCNC(=O)C(CNC(=O)C(CNC(=O)OC(C)(C)C)NC(=O)OC(C)(C)C)NC(=O)C(CNC(=O)OC(C)(C)C)NC(=O)OC(C)(C)C)c1.CS. The Morgan fingerprint density at radius 2 is 0.952 bits per heavy atom. The van der Waals surface area contributed by atoms with Gasteiger partial charge in [0.05, 0.1) is 13.1 Å². The Hall–Kier alpha value is -5.38. The van der Waals surface area contributed by atoms with Crippen LogP contribution in [0.15, 0.2) is 24.3 Å². The molecule has 7 N–H and O–H groups in total. The molecule has 3 atom stereocenters. The highest BCUT2D eigenvalue weighted by Crippen LogP contribution is 2.11. The number of carbonyl (C=O) groups is 7. The van der Waals surface area contributed by atoms with Crippen LogP contribution in [0.25, 0.3) is 0 Å². The van der Waals surface area contributed by atoms with Gasteiger partial charge in [0.1, 0.15) is 40.5 Å². The van der Waals surface area contributed by atoms with Crippen molar-refractivity contribution in [3.8, 4) is 11.8 Å². The molecular formula is C43H71N7O11S. The van der Waals surface area contributed by atoms with Gasteiger partial charge in [-0.2, -0.15) is 12.6 Å². The van der Waals surface area contributed by atoms with E-state index in [2.05, 4.69) is 61.7 Å². The summed E-state index contributed by atoms with van der Waals surface area (Å²) in [6.45, 7) is 20.2. The molecule has 0 aliphatic heterocycles. The van der Waals surface area contributed by atoms with E-state index in [1.54, 1.807) is 96.3 Å². The number of benzene rings is 1. The molecule has 0 saturated carbocycles. The third kappa shape index (κ3) is 28.2. The van der Waals surface area contributed by atoms with Gasteiger partial charge in [0.25, 0.3) is 0 Å². The summed E-state index contributed by atoms with van der Waals surface area (Å²) in [5.74, 6) is 3.44. The summed E-state index contributed by atoms with van der Waals surface area (Å²) >= 11 is 3.53. The molecule has 1 aromatic carbocycles. The average Bonchev–Trinajstić information content (AvgIpc) is 3.11. The number of ether oxygens (including phenoxy) is 4. The minimum Gasteiger partial charge on any atom is -0.444 e. The first-order chi connectivity index (χ1) is 28.6. The Balaban J connectivity index is 0.0000183. The molecule has 0 heterocycles. The van der Waals surface area contributed by atoms with Crippen LogP contribution in [-0.2, 0) is 39.8 Å². The molecule has 0 aliphatic carbocycles. The first-order valence-corrected chi connectivity index (χ1v) is 21.2. The van der Waals surface area contributed by atoms with E-state index in [4.69, 9.17) is 18.9 Å². The second-order valence-corrected chi connectivity index (χ2v) is 17.8. The van der Waals surface area contributed by atoms with E-state index in [1.807, 2.05) is 24.3 Å². The molecule has 19 heteroatoms. The van der Waals surface area contributed by atoms with Crippen LogP contribution in [0, 0.1) is 11.8 Å². The lowest BCUT2D eigenvalue weighted by molar-refractivity contribution is -0.130. The number of thiol groups is 1. The smallest absolute Gasteiger partial charge is 0.408 e. The minimum atomic E-state index is -1.48. The molecule has 0 radical (unpaired) electrons. The lowest BCUT2D eigenvalue weighted by Crippen LogP contribution is -2.61. The molecule has 62 heavy (non-hydrogen) atoms. The summed E-state index contributed by atoms with van der Waals surface area (Å²) in [5.41, 5.74) is -1.61. The van der Waals surface area contributed by atoms with Crippen molar-refractivity contribution in [2.24, 2.45) is 0 Å². The maximum absolute atomic E-state index is 13.8. The molecule has 0 saturated heterocycles. The van der Waals surface area contributed by atoms with Crippen molar-refractivity contribution in [3.05, 3.63) is 35.4 Å². The van der Waals surface area contributed by atoms with Crippen LogP contribution in [0.5, 0.6) is 0 Å². The van der Waals surface area contributed by atoms with Crippen LogP contribution >= 0.6 is 12.6 Å². The highest BCUT2D eigenvalue weighted by atomic mass is 32.1. The normalized spacial score (nSPS) is 12.7. The Bertz CT molecular complexity index is 1700. The van der Waals surface area contributed by atoms with Crippen molar-refractivity contribution in [2.75, 3.05) is 32.4 Å². The van der Waals surface area contributed by atoms with Crippen LogP contribution in [0.4, 0.5) is 19.2 Å². The zero-order valence-corrected chi connectivity index (χ0v) is 39.8. The Kier molecular flexibility index (Phi) is 24.5. The number of hydrogen-bond acceptors (Lipinski definition) is 12. The van der Waals surface area contributed by atoms with Gasteiger partial charge in [0.2, 0.25) is 17.7 Å². The fraction of sp³-hybridized carbons (Fsp3) is 0.651. The predicted molar refractivity (Wildman–Crippen MR) is 240 cm³/mol. The molecule has 0 bridgehead atoms. The number of nitrogens with one attached hydrogen (secondary N) is 7. The van der Waals surface area contributed by atoms with Gasteiger partial charge in [-0.05, 0) is 133 Å². The maximum Gasteiger partial charge on any atom is 0.408 e. The number of carbonyl (C=O) groups excluding carboxylic acids is 7. The third-order valence-electron chi connectivity index (χ3n) is 7.21. The Morgan fingerprint density at radius 1 is 0.548 bits per heavy atom. The summed E-state index contributed by atoms with van der Waals surface area (Å²) in [4.78, 5) is 91.5. The van der Waals surface area contributed by atoms with Crippen LogP contribution in [-0.4, -0.2) is 115 Å². The van der Waals surface area contributed by atoms with E-state index < -0.39 is 102 Å². The zero-order valence-electron chi connectivity index (χ0n) is 38.9. The van der Waals surface area contributed by atoms with Crippen molar-refractivity contribution < 1.29 is 52.5 Å². The van der Waals surface area contributed by atoms with Gasteiger partial charge in [-0.1, -0.05) is 18.1 Å². The van der Waals surface area contributed by atoms with Gasteiger partial charge in [-0.3, -0.25) is 14.4 Å². The molecule has 0 spiro atoms. The highest BCUT2D eigenvalue weighted by molar-refractivity contribution is 7.79. The molecule has 1 rings (SSSR count). The summed E-state index contributed by atoms with van der Waals surface area (Å²) in [7, 11) is 0. The molecule has 18 nitrogen and oxygen atoms in total. The fourth-order valence-electron chi connectivity index (χ4n) is 4.86. The molecule has 0 aromatic heterocycles. The van der Waals surface area contributed by atoms with Crippen LogP contribution < -0.4 is 37.2 Å². The van der Waals surface area contributed by atoms with Gasteiger partial charge in [0.15, 0.2) is 0 Å². The summed E-state index contributed by atoms with van der Waals surface area (Å²) in [6.07, 6.45) is 0.0000932. The lowest BCUT2D eigenvalue weighted by Gasteiger charge is -2.27. The van der Waals surface area contributed by atoms with Crippen molar-refractivity contribution in [1.82, 2.24) is 37.2 Å². The number of rotatable bonds is 17. The first-order valence-electron chi connectivity index (χ1n) is 20.3. The van der Waals surface area contributed by atoms with Crippen molar-refractivity contribution in [1.29, 1.82) is 0 Å². The largest absolute Gasteiger partial charge is 0.444 e. The highest BCUT2D eigenvalue weighted by Gasteiger charge is 2.32. The molecule has 350 valence electrons. The number of amides is 7. The molecular weight excluding hydrogens is 823 g/mol. The second kappa shape index (κ2) is 26.8. The minimum absolute atomic E-state index is 0.204.